The summed E-state index contributed by atoms with van der Waals surface area (Å²) in [5, 5.41) is 19.8. The van der Waals surface area contributed by atoms with Gasteiger partial charge in [0.25, 0.3) is 0 Å². The van der Waals surface area contributed by atoms with Crippen molar-refractivity contribution in [1.82, 2.24) is 9.97 Å². The highest BCUT2D eigenvalue weighted by Gasteiger charge is 2.25. The minimum absolute atomic E-state index is 0.0991. The summed E-state index contributed by atoms with van der Waals surface area (Å²) in [7, 11) is 0. The number of aromatic nitrogens is 2. The molecule has 0 aliphatic carbocycles. The molecule has 4 nitrogen and oxygen atoms in total. The van der Waals surface area contributed by atoms with Crippen molar-refractivity contribution in [2.75, 3.05) is 0 Å². The summed E-state index contributed by atoms with van der Waals surface area (Å²) >= 11 is 0. The molecule has 1 heterocycles. The molecule has 2 atom stereocenters. The fourth-order valence-corrected chi connectivity index (χ4v) is 1.67. The van der Waals surface area contributed by atoms with E-state index in [4.69, 9.17) is 0 Å². The van der Waals surface area contributed by atoms with E-state index in [1.807, 2.05) is 13.8 Å². The molecule has 0 amide bonds. The standard InChI is InChI=1S/C11H18N2O2/c1-3-8(4-2)10(14)11(15)9-7-12-5-6-13-9/h5-8,10-11,14-15H,3-4H2,1-2H3. The highest BCUT2D eigenvalue weighted by molar-refractivity contribution is 5.02. The summed E-state index contributed by atoms with van der Waals surface area (Å²) in [4.78, 5) is 7.84. The molecule has 84 valence electrons. The van der Waals surface area contributed by atoms with Crippen LogP contribution in [0, 0.1) is 5.92 Å². The molecule has 4 heteroatoms. The lowest BCUT2D eigenvalue weighted by molar-refractivity contribution is -0.0232. The minimum atomic E-state index is -0.941. The maximum Gasteiger partial charge on any atom is 0.124 e. The van der Waals surface area contributed by atoms with Gasteiger partial charge in [-0.3, -0.25) is 9.97 Å². The van der Waals surface area contributed by atoms with Crippen molar-refractivity contribution in [1.29, 1.82) is 0 Å². The first-order chi connectivity index (χ1) is 7.20. The second-order valence-corrected chi connectivity index (χ2v) is 3.64. The second kappa shape index (κ2) is 5.78. The predicted molar refractivity (Wildman–Crippen MR) is 57.1 cm³/mol. The summed E-state index contributed by atoms with van der Waals surface area (Å²) in [5.74, 6) is 0.0991. The normalized spacial score (nSPS) is 15.3. The van der Waals surface area contributed by atoms with Gasteiger partial charge in [0.1, 0.15) is 6.10 Å². The SMILES string of the molecule is CCC(CC)C(O)C(O)c1cnccn1. The number of aliphatic hydroxyl groups is 2. The zero-order valence-electron chi connectivity index (χ0n) is 9.17. The summed E-state index contributed by atoms with van der Waals surface area (Å²) in [6.45, 7) is 4.00. The zero-order chi connectivity index (χ0) is 11.3. The first-order valence-corrected chi connectivity index (χ1v) is 5.32. The van der Waals surface area contributed by atoms with Gasteiger partial charge in [0.15, 0.2) is 0 Å². The lowest BCUT2D eigenvalue weighted by atomic mass is 9.92. The Morgan fingerprint density at radius 1 is 1.20 bits per heavy atom. The van der Waals surface area contributed by atoms with Crippen LogP contribution in [0.15, 0.2) is 18.6 Å². The highest BCUT2D eigenvalue weighted by atomic mass is 16.3. The van der Waals surface area contributed by atoms with Gasteiger partial charge in [-0.25, -0.2) is 0 Å². The van der Waals surface area contributed by atoms with Gasteiger partial charge in [0, 0.05) is 12.4 Å². The lowest BCUT2D eigenvalue weighted by Gasteiger charge is -2.24. The first kappa shape index (κ1) is 12.1. The van der Waals surface area contributed by atoms with Crippen molar-refractivity contribution < 1.29 is 10.2 Å². The highest BCUT2D eigenvalue weighted by Crippen LogP contribution is 2.23. The van der Waals surface area contributed by atoms with Crippen LogP contribution in [0.4, 0.5) is 0 Å². The van der Waals surface area contributed by atoms with Crippen LogP contribution in [0.25, 0.3) is 0 Å². The van der Waals surface area contributed by atoms with Gasteiger partial charge in [0.05, 0.1) is 18.0 Å². The molecule has 0 saturated heterocycles. The Balaban J connectivity index is 2.71. The van der Waals surface area contributed by atoms with Crippen LogP contribution in [0.1, 0.15) is 38.5 Å². The molecule has 0 saturated carbocycles. The molecule has 2 N–H and O–H groups in total. The molecule has 0 spiro atoms. The Kier molecular flexibility index (Phi) is 4.65. The fraction of sp³-hybridized carbons (Fsp3) is 0.636. The minimum Gasteiger partial charge on any atom is -0.390 e. The number of hydrogen-bond acceptors (Lipinski definition) is 4. The van der Waals surface area contributed by atoms with Crippen LogP contribution in [-0.2, 0) is 0 Å². The molecule has 0 radical (unpaired) electrons. The van der Waals surface area contributed by atoms with E-state index in [9.17, 15) is 10.2 Å². The maximum absolute atomic E-state index is 9.91. The van der Waals surface area contributed by atoms with Crippen LogP contribution in [0.5, 0.6) is 0 Å². The van der Waals surface area contributed by atoms with Crippen molar-refractivity contribution in [3.05, 3.63) is 24.3 Å². The molecule has 1 rings (SSSR count). The number of rotatable bonds is 5. The van der Waals surface area contributed by atoms with Crippen LogP contribution in [0.3, 0.4) is 0 Å². The van der Waals surface area contributed by atoms with E-state index in [-0.39, 0.29) is 5.92 Å². The maximum atomic E-state index is 9.91. The first-order valence-electron chi connectivity index (χ1n) is 5.32. The van der Waals surface area contributed by atoms with Gasteiger partial charge >= 0.3 is 0 Å². The van der Waals surface area contributed by atoms with E-state index in [0.717, 1.165) is 12.8 Å². The van der Waals surface area contributed by atoms with E-state index >= 15 is 0 Å². The van der Waals surface area contributed by atoms with Gasteiger partial charge in [-0.15, -0.1) is 0 Å². The van der Waals surface area contributed by atoms with E-state index in [0.29, 0.717) is 5.69 Å². The van der Waals surface area contributed by atoms with Gasteiger partial charge in [-0.1, -0.05) is 26.7 Å². The summed E-state index contributed by atoms with van der Waals surface area (Å²) in [5.41, 5.74) is 0.428. The molecule has 15 heavy (non-hydrogen) atoms. The van der Waals surface area contributed by atoms with Crippen LogP contribution >= 0.6 is 0 Å². The van der Waals surface area contributed by atoms with Gasteiger partial charge in [-0.2, -0.15) is 0 Å². The summed E-state index contributed by atoms with van der Waals surface area (Å²) in [6.07, 6.45) is 4.51. The summed E-state index contributed by atoms with van der Waals surface area (Å²) in [6, 6.07) is 0. The quantitative estimate of drug-likeness (QED) is 0.769. The molecule has 2 unspecified atom stereocenters. The van der Waals surface area contributed by atoms with Gasteiger partial charge in [0.2, 0.25) is 0 Å². The molecular formula is C11H18N2O2. The van der Waals surface area contributed by atoms with Crippen molar-refractivity contribution in [2.45, 2.75) is 38.9 Å². The van der Waals surface area contributed by atoms with Crippen molar-refractivity contribution >= 4 is 0 Å². The third-order valence-corrected chi connectivity index (χ3v) is 2.74. The molecular weight excluding hydrogens is 192 g/mol. The smallest absolute Gasteiger partial charge is 0.124 e. The molecule has 0 bridgehead atoms. The second-order valence-electron chi connectivity index (χ2n) is 3.64. The number of aliphatic hydroxyl groups excluding tert-OH is 2. The Labute approximate surface area is 90.0 Å². The van der Waals surface area contributed by atoms with Crippen LogP contribution in [0.2, 0.25) is 0 Å². The molecule has 0 aliphatic heterocycles. The fourth-order valence-electron chi connectivity index (χ4n) is 1.67. The van der Waals surface area contributed by atoms with E-state index in [2.05, 4.69) is 9.97 Å². The average molecular weight is 210 g/mol. The molecule has 1 aromatic heterocycles. The molecule has 1 aromatic rings. The average Bonchev–Trinajstić information content (AvgIpc) is 2.30. The molecule has 0 aromatic carbocycles. The van der Waals surface area contributed by atoms with Gasteiger partial charge < -0.3 is 10.2 Å². The lowest BCUT2D eigenvalue weighted by Crippen LogP contribution is -2.27. The Morgan fingerprint density at radius 2 is 1.87 bits per heavy atom. The number of hydrogen-bond donors (Lipinski definition) is 2. The van der Waals surface area contributed by atoms with Crippen molar-refractivity contribution in [2.24, 2.45) is 5.92 Å². The Morgan fingerprint density at radius 3 is 2.33 bits per heavy atom. The van der Waals surface area contributed by atoms with Gasteiger partial charge in [-0.05, 0) is 5.92 Å². The van der Waals surface area contributed by atoms with Crippen LogP contribution in [-0.4, -0.2) is 26.3 Å². The van der Waals surface area contributed by atoms with Crippen molar-refractivity contribution in [3.63, 3.8) is 0 Å². The monoisotopic (exact) mass is 210 g/mol. The summed E-state index contributed by atoms with van der Waals surface area (Å²) < 4.78 is 0. The van der Waals surface area contributed by atoms with E-state index in [1.165, 1.54) is 12.4 Å². The largest absolute Gasteiger partial charge is 0.390 e. The zero-order valence-corrected chi connectivity index (χ0v) is 9.17. The van der Waals surface area contributed by atoms with E-state index < -0.39 is 12.2 Å². The van der Waals surface area contributed by atoms with E-state index in [1.54, 1.807) is 6.20 Å². The van der Waals surface area contributed by atoms with Crippen LogP contribution < -0.4 is 0 Å². The number of nitrogens with zero attached hydrogens (tertiary/aromatic N) is 2. The third-order valence-electron chi connectivity index (χ3n) is 2.74. The predicted octanol–water partition coefficient (Wildman–Crippen LogP) is 1.31. The Hall–Kier alpha value is -1.00. The van der Waals surface area contributed by atoms with Crippen molar-refractivity contribution in [3.8, 4) is 0 Å². The Bertz CT molecular complexity index is 275. The molecule has 0 fully saturated rings. The third kappa shape index (κ3) is 2.97. The molecule has 0 aliphatic rings. The topological polar surface area (TPSA) is 66.2 Å².